The summed E-state index contributed by atoms with van der Waals surface area (Å²) in [4.78, 5) is 18.4. The first kappa shape index (κ1) is 22.9. The third-order valence-corrected chi connectivity index (χ3v) is 6.43. The standard InChI is InChI=1S/C25H27FN4O2S/c1-16-15-20(17(2)30(16)19-11-9-18(26)10-12-19)24-23(21-7-4-5-13-27-21)28-25(33)29(24)14-6-8-22(31)32-3/h4-5,7,9-13,15,23-24H,6,8,14H2,1-3H3,(H,28,33)/t23-,24+/m0/s1. The van der Waals surface area contributed by atoms with Crippen molar-refractivity contribution in [3.05, 3.63) is 83.2 Å². The van der Waals surface area contributed by atoms with Crippen LogP contribution in [0.4, 0.5) is 4.39 Å². The van der Waals surface area contributed by atoms with Gasteiger partial charge in [0.2, 0.25) is 0 Å². The van der Waals surface area contributed by atoms with Crippen LogP contribution in [0.2, 0.25) is 0 Å². The topological polar surface area (TPSA) is 59.4 Å². The van der Waals surface area contributed by atoms with Crippen molar-refractivity contribution >= 4 is 23.3 Å². The van der Waals surface area contributed by atoms with Gasteiger partial charge < -0.3 is 19.5 Å². The number of aromatic nitrogens is 2. The zero-order valence-corrected chi connectivity index (χ0v) is 19.7. The summed E-state index contributed by atoms with van der Waals surface area (Å²) >= 11 is 5.72. The van der Waals surface area contributed by atoms with Crippen LogP contribution in [0.25, 0.3) is 5.69 Å². The first-order valence-corrected chi connectivity index (χ1v) is 11.3. The molecule has 0 spiro atoms. The molecule has 0 bridgehead atoms. The number of rotatable bonds is 7. The summed E-state index contributed by atoms with van der Waals surface area (Å²) in [5.74, 6) is -0.501. The molecular weight excluding hydrogens is 439 g/mol. The minimum Gasteiger partial charge on any atom is -0.469 e. The van der Waals surface area contributed by atoms with E-state index in [0.29, 0.717) is 24.5 Å². The second-order valence-corrected chi connectivity index (χ2v) is 8.52. The number of hydrogen-bond acceptors (Lipinski definition) is 4. The third kappa shape index (κ3) is 4.61. The van der Waals surface area contributed by atoms with Gasteiger partial charge in [0.05, 0.1) is 24.9 Å². The predicted octanol–water partition coefficient (Wildman–Crippen LogP) is 4.55. The van der Waals surface area contributed by atoms with Crippen LogP contribution in [0.5, 0.6) is 0 Å². The molecule has 3 heterocycles. The van der Waals surface area contributed by atoms with Crippen molar-refractivity contribution in [3.8, 4) is 5.69 Å². The van der Waals surface area contributed by atoms with Crippen LogP contribution in [0, 0.1) is 19.7 Å². The van der Waals surface area contributed by atoms with Crippen LogP contribution in [-0.2, 0) is 9.53 Å². The molecule has 172 valence electrons. The summed E-state index contributed by atoms with van der Waals surface area (Å²) in [5, 5.41) is 4.08. The van der Waals surface area contributed by atoms with Crippen LogP contribution in [0.15, 0.2) is 54.7 Å². The van der Waals surface area contributed by atoms with Gasteiger partial charge in [-0.25, -0.2) is 4.39 Å². The molecule has 0 aliphatic carbocycles. The Kier molecular flexibility index (Phi) is 6.74. The number of methoxy groups -OCH3 is 1. The molecule has 1 fully saturated rings. The molecule has 1 aromatic carbocycles. The number of carbonyl (C=O) groups excluding carboxylic acids is 1. The summed E-state index contributed by atoms with van der Waals surface area (Å²) in [6.45, 7) is 4.71. The number of nitrogens with one attached hydrogen (secondary N) is 1. The summed E-state index contributed by atoms with van der Waals surface area (Å²) in [5.41, 5.74) is 5.00. The number of ether oxygens (including phenoxy) is 1. The predicted molar refractivity (Wildman–Crippen MR) is 129 cm³/mol. The van der Waals surface area contributed by atoms with Crippen molar-refractivity contribution in [1.29, 1.82) is 0 Å². The molecule has 1 aliphatic rings. The van der Waals surface area contributed by atoms with Crippen molar-refractivity contribution < 1.29 is 13.9 Å². The molecule has 1 saturated heterocycles. The van der Waals surface area contributed by atoms with Gasteiger partial charge in [0, 0.05) is 36.2 Å². The molecular formula is C25H27FN4O2S. The van der Waals surface area contributed by atoms with Crippen LogP contribution >= 0.6 is 12.2 Å². The van der Waals surface area contributed by atoms with Gasteiger partial charge in [0.25, 0.3) is 0 Å². The second kappa shape index (κ2) is 9.70. The molecule has 3 aromatic rings. The Morgan fingerprint density at radius 1 is 1.21 bits per heavy atom. The fraction of sp³-hybridized carbons (Fsp3) is 0.320. The molecule has 1 aliphatic heterocycles. The molecule has 0 radical (unpaired) electrons. The fourth-order valence-electron chi connectivity index (χ4n) is 4.56. The lowest BCUT2D eigenvalue weighted by Crippen LogP contribution is -2.31. The maximum atomic E-state index is 13.5. The molecule has 33 heavy (non-hydrogen) atoms. The van der Waals surface area contributed by atoms with Gasteiger partial charge in [-0.15, -0.1) is 0 Å². The van der Waals surface area contributed by atoms with Crippen molar-refractivity contribution in [1.82, 2.24) is 19.8 Å². The number of nitrogens with zero attached hydrogens (tertiary/aromatic N) is 3. The smallest absolute Gasteiger partial charge is 0.305 e. The number of benzene rings is 1. The van der Waals surface area contributed by atoms with Crippen molar-refractivity contribution in [2.24, 2.45) is 0 Å². The van der Waals surface area contributed by atoms with E-state index < -0.39 is 0 Å². The first-order chi connectivity index (χ1) is 15.9. The lowest BCUT2D eigenvalue weighted by atomic mass is 9.96. The Bertz CT molecular complexity index is 1150. The Hall–Kier alpha value is -3.26. The first-order valence-electron chi connectivity index (χ1n) is 10.9. The SMILES string of the molecule is COC(=O)CCCN1C(=S)N[C@@H](c2ccccn2)[C@H]1c1cc(C)n(-c2ccc(F)cc2)c1C. The molecule has 4 rings (SSSR count). The van der Waals surface area contributed by atoms with Gasteiger partial charge in [-0.1, -0.05) is 6.07 Å². The van der Waals surface area contributed by atoms with E-state index in [1.165, 1.54) is 19.2 Å². The maximum absolute atomic E-state index is 13.5. The lowest BCUT2D eigenvalue weighted by Gasteiger charge is -2.28. The minimum absolute atomic E-state index is 0.106. The van der Waals surface area contributed by atoms with Crippen LogP contribution in [-0.4, -0.2) is 39.2 Å². The molecule has 0 saturated carbocycles. The van der Waals surface area contributed by atoms with Crippen molar-refractivity contribution in [2.45, 2.75) is 38.8 Å². The highest BCUT2D eigenvalue weighted by Gasteiger charge is 2.41. The fourth-order valence-corrected chi connectivity index (χ4v) is 4.89. The average Bonchev–Trinajstić information content (AvgIpc) is 3.30. The summed E-state index contributed by atoms with van der Waals surface area (Å²) in [6.07, 6.45) is 2.72. The van der Waals surface area contributed by atoms with Gasteiger partial charge in [-0.3, -0.25) is 9.78 Å². The second-order valence-electron chi connectivity index (χ2n) is 8.14. The van der Waals surface area contributed by atoms with E-state index in [1.54, 1.807) is 18.3 Å². The Morgan fingerprint density at radius 2 is 1.97 bits per heavy atom. The highest BCUT2D eigenvalue weighted by atomic mass is 32.1. The number of halogens is 1. The largest absolute Gasteiger partial charge is 0.469 e. The van der Waals surface area contributed by atoms with Crippen LogP contribution < -0.4 is 5.32 Å². The monoisotopic (exact) mass is 466 g/mol. The molecule has 0 amide bonds. The van der Waals surface area contributed by atoms with Gasteiger partial charge in [0.1, 0.15) is 5.82 Å². The van der Waals surface area contributed by atoms with Crippen molar-refractivity contribution in [3.63, 3.8) is 0 Å². The minimum atomic E-state index is -0.265. The lowest BCUT2D eigenvalue weighted by molar-refractivity contribution is -0.140. The highest BCUT2D eigenvalue weighted by molar-refractivity contribution is 7.80. The molecule has 2 atom stereocenters. The Morgan fingerprint density at radius 3 is 2.64 bits per heavy atom. The summed E-state index contributed by atoms with van der Waals surface area (Å²) < 4.78 is 20.4. The zero-order chi connectivity index (χ0) is 23.5. The quantitative estimate of drug-likeness (QED) is 0.407. The zero-order valence-electron chi connectivity index (χ0n) is 18.9. The van der Waals surface area contributed by atoms with Crippen LogP contribution in [0.1, 0.15) is 47.6 Å². The molecule has 0 unspecified atom stereocenters. The van der Waals surface area contributed by atoms with Gasteiger partial charge in [-0.05, 0) is 80.5 Å². The summed E-state index contributed by atoms with van der Waals surface area (Å²) in [7, 11) is 1.40. The molecule has 1 N–H and O–H groups in total. The average molecular weight is 467 g/mol. The van der Waals surface area contributed by atoms with E-state index in [0.717, 1.165) is 28.3 Å². The van der Waals surface area contributed by atoms with E-state index in [4.69, 9.17) is 17.0 Å². The normalized spacial score (nSPS) is 17.8. The Labute approximate surface area is 198 Å². The molecule has 2 aromatic heterocycles. The Balaban J connectivity index is 1.74. The number of hydrogen-bond donors (Lipinski definition) is 1. The number of aryl methyl sites for hydroxylation is 1. The highest BCUT2D eigenvalue weighted by Crippen LogP contribution is 2.41. The number of thiocarbonyl (C=S) groups is 1. The number of esters is 1. The van der Waals surface area contributed by atoms with Gasteiger partial charge in [0.15, 0.2) is 5.11 Å². The molecule has 8 heteroatoms. The van der Waals surface area contributed by atoms with E-state index >= 15 is 0 Å². The number of carbonyl (C=O) groups is 1. The van der Waals surface area contributed by atoms with Crippen LogP contribution in [0.3, 0.4) is 0 Å². The molecule has 6 nitrogen and oxygen atoms in total. The van der Waals surface area contributed by atoms with E-state index in [-0.39, 0.29) is 23.9 Å². The van der Waals surface area contributed by atoms with E-state index in [1.807, 2.05) is 25.1 Å². The van der Waals surface area contributed by atoms with E-state index in [9.17, 15) is 9.18 Å². The van der Waals surface area contributed by atoms with Gasteiger partial charge >= 0.3 is 5.97 Å². The summed E-state index contributed by atoms with van der Waals surface area (Å²) in [6, 6.07) is 14.2. The van der Waals surface area contributed by atoms with Crippen molar-refractivity contribution in [2.75, 3.05) is 13.7 Å². The maximum Gasteiger partial charge on any atom is 0.305 e. The number of pyridine rings is 1. The third-order valence-electron chi connectivity index (χ3n) is 6.08. The van der Waals surface area contributed by atoms with E-state index in [2.05, 4.69) is 32.8 Å². The van der Waals surface area contributed by atoms with Gasteiger partial charge in [-0.2, -0.15) is 0 Å².